The molecule has 1 saturated carbocycles. The molecule has 3 N–H and O–H groups in total. The van der Waals surface area contributed by atoms with E-state index in [1.807, 2.05) is 43.3 Å². The Kier molecular flexibility index (Phi) is 7.52. The van der Waals surface area contributed by atoms with Gasteiger partial charge in [-0.3, -0.25) is 0 Å². The molecule has 1 saturated heterocycles. The van der Waals surface area contributed by atoms with Crippen molar-refractivity contribution in [3.63, 3.8) is 0 Å². The topological polar surface area (TPSA) is 102 Å². The third-order valence-corrected chi connectivity index (χ3v) is 9.02. The van der Waals surface area contributed by atoms with E-state index in [2.05, 4.69) is 54.3 Å². The number of piperazine rings is 1. The van der Waals surface area contributed by atoms with Crippen molar-refractivity contribution in [2.75, 3.05) is 48.8 Å². The summed E-state index contributed by atoms with van der Waals surface area (Å²) in [6.45, 7) is 6.02. The third kappa shape index (κ3) is 6.51. The lowest BCUT2D eigenvalue weighted by atomic mass is 10.1. The highest BCUT2D eigenvalue weighted by Gasteiger charge is 2.36. The average Bonchev–Trinajstić information content (AvgIpc) is 3.74. The van der Waals surface area contributed by atoms with Gasteiger partial charge in [0.25, 0.3) is 0 Å². The molecule has 1 aliphatic heterocycles. The van der Waals surface area contributed by atoms with Crippen molar-refractivity contribution in [3.8, 4) is 0 Å². The molecular formula is C26H32ClN7O2S. The summed E-state index contributed by atoms with van der Waals surface area (Å²) in [5, 5.41) is 6.62. The van der Waals surface area contributed by atoms with Gasteiger partial charge in [0.1, 0.15) is 5.02 Å². The lowest BCUT2D eigenvalue weighted by Gasteiger charge is -2.34. The van der Waals surface area contributed by atoms with E-state index < -0.39 is 10.0 Å². The minimum absolute atomic E-state index is 0.242. The second-order valence-electron chi connectivity index (χ2n) is 9.68. The highest BCUT2D eigenvalue weighted by Crippen LogP contribution is 2.30. The molecule has 196 valence electrons. The number of nitrogens with zero attached hydrogens (tertiary/aromatic N) is 4. The van der Waals surface area contributed by atoms with Gasteiger partial charge >= 0.3 is 0 Å². The summed E-state index contributed by atoms with van der Waals surface area (Å²) >= 11 is 6.36. The molecule has 11 heteroatoms. The van der Waals surface area contributed by atoms with E-state index in [9.17, 15) is 8.42 Å². The summed E-state index contributed by atoms with van der Waals surface area (Å²) in [4.78, 5) is 13.6. The summed E-state index contributed by atoms with van der Waals surface area (Å²) in [7, 11) is -1.10. The fraction of sp³-hybridized carbons (Fsp3) is 0.385. The van der Waals surface area contributed by atoms with Gasteiger partial charge in [-0.05, 0) is 68.8 Å². The molecule has 2 aromatic carbocycles. The SMILES string of the molecule is CC(NS(=O)(=O)C1CC1)c1ccc(Nc2nc(Nc3ccc(N4CCN(C)CC4)cc3)ncc2Cl)cc1. The fourth-order valence-electron chi connectivity index (χ4n) is 4.25. The van der Waals surface area contributed by atoms with Crippen molar-refractivity contribution in [3.05, 3.63) is 65.3 Å². The quantitative estimate of drug-likeness (QED) is 0.363. The molecular weight excluding hydrogens is 510 g/mol. The zero-order valence-corrected chi connectivity index (χ0v) is 22.6. The summed E-state index contributed by atoms with van der Waals surface area (Å²) in [5.74, 6) is 0.905. The van der Waals surface area contributed by atoms with E-state index in [1.54, 1.807) is 6.20 Å². The number of rotatable bonds is 9. The van der Waals surface area contributed by atoms with Gasteiger partial charge in [0.05, 0.1) is 11.4 Å². The number of aromatic nitrogens is 2. The number of benzene rings is 2. The standard InChI is InChI=1S/C26H32ClN7O2S/c1-18(32-37(35,36)23-11-12-23)19-3-5-20(6-4-19)29-25-24(27)17-28-26(31-25)30-21-7-9-22(10-8-21)34-15-13-33(2)14-16-34/h3-10,17-18,23,32H,11-16H2,1-2H3,(H2,28,29,30,31). The number of halogens is 1. The molecule has 0 bridgehead atoms. The van der Waals surface area contributed by atoms with Gasteiger partial charge in [-0.15, -0.1) is 0 Å². The highest BCUT2D eigenvalue weighted by molar-refractivity contribution is 7.90. The molecule has 1 aromatic heterocycles. The van der Waals surface area contributed by atoms with Crippen molar-refractivity contribution in [2.45, 2.75) is 31.1 Å². The van der Waals surface area contributed by atoms with E-state index in [4.69, 9.17) is 11.6 Å². The molecule has 2 aliphatic rings. The molecule has 37 heavy (non-hydrogen) atoms. The number of nitrogens with one attached hydrogen (secondary N) is 3. The monoisotopic (exact) mass is 541 g/mol. The number of sulfonamides is 1. The van der Waals surface area contributed by atoms with E-state index in [0.29, 0.717) is 16.8 Å². The third-order valence-electron chi connectivity index (χ3n) is 6.71. The zero-order valence-electron chi connectivity index (χ0n) is 21.0. The number of hydrogen-bond acceptors (Lipinski definition) is 8. The normalized spacial score (nSPS) is 17.4. The van der Waals surface area contributed by atoms with Gasteiger partial charge in [0.15, 0.2) is 5.82 Å². The predicted octanol–water partition coefficient (Wildman–Crippen LogP) is 4.51. The van der Waals surface area contributed by atoms with Gasteiger partial charge in [-0.1, -0.05) is 23.7 Å². The number of likely N-dealkylation sites (N-methyl/N-ethyl adjacent to an activating group) is 1. The Morgan fingerprint density at radius 1 is 0.946 bits per heavy atom. The van der Waals surface area contributed by atoms with Crippen LogP contribution in [0.2, 0.25) is 5.02 Å². The Hall–Kier alpha value is -2.92. The molecule has 0 spiro atoms. The van der Waals surface area contributed by atoms with Crippen LogP contribution in [0.15, 0.2) is 54.7 Å². The first-order valence-corrected chi connectivity index (χ1v) is 14.4. The first kappa shape index (κ1) is 25.7. The van der Waals surface area contributed by atoms with E-state index >= 15 is 0 Å². The second-order valence-corrected chi connectivity index (χ2v) is 12.1. The molecule has 0 radical (unpaired) electrons. The molecule has 5 rings (SSSR count). The van der Waals surface area contributed by atoms with Crippen LogP contribution >= 0.6 is 11.6 Å². The van der Waals surface area contributed by atoms with Crippen LogP contribution in [0.4, 0.5) is 28.8 Å². The maximum atomic E-state index is 12.2. The maximum absolute atomic E-state index is 12.2. The summed E-state index contributed by atoms with van der Waals surface area (Å²) in [6, 6.07) is 15.5. The average molecular weight is 542 g/mol. The van der Waals surface area contributed by atoms with E-state index in [1.165, 1.54) is 5.69 Å². The molecule has 2 fully saturated rings. The Balaban J connectivity index is 1.21. The van der Waals surface area contributed by atoms with Crippen LogP contribution in [0, 0.1) is 0 Å². The van der Waals surface area contributed by atoms with Crippen LogP contribution in [0.1, 0.15) is 31.4 Å². The van der Waals surface area contributed by atoms with Crippen LogP contribution in [-0.4, -0.2) is 61.8 Å². The fourth-order valence-corrected chi connectivity index (χ4v) is 5.96. The Morgan fingerprint density at radius 2 is 1.57 bits per heavy atom. The van der Waals surface area contributed by atoms with Crippen molar-refractivity contribution in [1.29, 1.82) is 0 Å². The molecule has 0 amide bonds. The predicted molar refractivity (Wildman–Crippen MR) is 150 cm³/mol. The van der Waals surface area contributed by atoms with Crippen LogP contribution in [0.3, 0.4) is 0 Å². The van der Waals surface area contributed by atoms with Crippen molar-refractivity contribution >= 4 is 50.5 Å². The molecule has 9 nitrogen and oxygen atoms in total. The summed E-state index contributed by atoms with van der Waals surface area (Å²) < 4.78 is 27.2. The molecule has 1 atom stereocenters. The van der Waals surface area contributed by atoms with Crippen LogP contribution in [-0.2, 0) is 10.0 Å². The van der Waals surface area contributed by atoms with Gasteiger partial charge < -0.3 is 20.4 Å². The number of hydrogen-bond donors (Lipinski definition) is 3. The Morgan fingerprint density at radius 3 is 2.22 bits per heavy atom. The summed E-state index contributed by atoms with van der Waals surface area (Å²) in [5.41, 5.74) is 3.75. The van der Waals surface area contributed by atoms with Gasteiger partial charge in [-0.2, -0.15) is 4.98 Å². The van der Waals surface area contributed by atoms with Crippen molar-refractivity contribution in [2.24, 2.45) is 0 Å². The maximum Gasteiger partial charge on any atom is 0.229 e. The highest BCUT2D eigenvalue weighted by atomic mass is 35.5. The largest absolute Gasteiger partial charge is 0.369 e. The van der Waals surface area contributed by atoms with Gasteiger partial charge in [0.2, 0.25) is 16.0 Å². The lowest BCUT2D eigenvalue weighted by molar-refractivity contribution is 0.313. The van der Waals surface area contributed by atoms with Crippen molar-refractivity contribution < 1.29 is 8.42 Å². The number of anilines is 5. The first-order chi connectivity index (χ1) is 17.8. The summed E-state index contributed by atoms with van der Waals surface area (Å²) in [6.07, 6.45) is 3.04. The molecule has 1 unspecified atom stereocenters. The second kappa shape index (κ2) is 10.8. The lowest BCUT2D eigenvalue weighted by Crippen LogP contribution is -2.44. The molecule has 2 heterocycles. The van der Waals surface area contributed by atoms with E-state index in [-0.39, 0.29) is 11.3 Å². The first-order valence-electron chi connectivity index (χ1n) is 12.5. The smallest absolute Gasteiger partial charge is 0.229 e. The van der Waals surface area contributed by atoms with Crippen LogP contribution in [0.25, 0.3) is 0 Å². The Bertz CT molecular complexity index is 1320. The van der Waals surface area contributed by atoms with Gasteiger partial charge in [-0.25, -0.2) is 18.1 Å². The van der Waals surface area contributed by atoms with E-state index in [0.717, 1.165) is 56.0 Å². The minimum atomic E-state index is -3.25. The van der Waals surface area contributed by atoms with Crippen LogP contribution in [0.5, 0.6) is 0 Å². The van der Waals surface area contributed by atoms with Crippen molar-refractivity contribution in [1.82, 2.24) is 19.6 Å². The Labute approximate surface area is 223 Å². The minimum Gasteiger partial charge on any atom is -0.369 e. The van der Waals surface area contributed by atoms with Crippen LogP contribution < -0.4 is 20.3 Å². The molecule has 1 aliphatic carbocycles. The van der Waals surface area contributed by atoms with Gasteiger partial charge in [0, 0.05) is 49.3 Å². The molecule has 3 aromatic rings. The zero-order chi connectivity index (χ0) is 26.0.